The van der Waals surface area contributed by atoms with E-state index in [4.69, 9.17) is 4.74 Å². The molecule has 4 nitrogen and oxygen atoms in total. The number of thiophene rings is 1. The molecular formula is C16H15NO3S. The van der Waals surface area contributed by atoms with Crippen LogP contribution in [0.2, 0.25) is 0 Å². The second kappa shape index (κ2) is 4.94. The zero-order valence-electron chi connectivity index (χ0n) is 11.2. The summed E-state index contributed by atoms with van der Waals surface area (Å²) in [7, 11) is 0. The van der Waals surface area contributed by atoms with Gasteiger partial charge in [-0.1, -0.05) is 30.3 Å². The molecule has 4 rings (SSSR count). The number of ether oxygens (including phenoxy) is 1. The van der Waals surface area contributed by atoms with Crippen molar-refractivity contribution in [2.45, 2.75) is 30.8 Å². The molecule has 2 aromatic rings. The Labute approximate surface area is 126 Å². The Kier molecular flexibility index (Phi) is 3.06. The summed E-state index contributed by atoms with van der Waals surface area (Å²) in [5.74, 6) is -0.0740. The van der Waals surface area contributed by atoms with Crippen molar-refractivity contribution < 1.29 is 14.6 Å². The number of amides is 1. The lowest BCUT2D eigenvalue weighted by Crippen LogP contribution is -2.46. The average molecular weight is 301 g/mol. The van der Waals surface area contributed by atoms with Crippen LogP contribution in [0.1, 0.15) is 28.2 Å². The van der Waals surface area contributed by atoms with Gasteiger partial charge in [-0.15, -0.1) is 11.3 Å². The van der Waals surface area contributed by atoms with Gasteiger partial charge in [0.2, 0.25) is 5.91 Å². The Balaban J connectivity index is 1.51. The molecule has 0 saturated carbocycles. The van der Waals surface area contributed by atoms with Crippen LogP contribution < -0.4 is 5.32 Å². The van der Waals surface area contributed by atoms with Gasteiger partial charge < -0.3 is 15.2 Å². The normalized spacial score (nSPS) is 29.4. The Morgan fingerprint density at radius 2 is 1.95 bits per heavy atom. The van der Waals surface area contributed by atoms with E-state index < -0.39 is 6.10 Å². The minimum absolute atomic E-state index is 0.0740. The molecule has 108 valence electrons. The molecule has 0 spiro atoms. The molecule has 1 aromatic heterocycles. The van der Waals surface area contributed by atoms with Gasteiger partial charge in [0, 0.05) is 4.88 Å². The molecule has 0 radical (unpaired) electrons. The van der Waals surface area contributed by atoms with Crippen molar-refractivity contribution in [3.63, 3.8) is 0 Å². The minimum atomic E-state index is -0.683. The number of aliphatic hydroxyl groups excluding tert-OH is 1. The molecule has 1 amide bonds. The number of rotatable bonds is 3. The summed E-state index contributed by atoms with van der Waals surface area (Å²) in [5, 5.41) is 15.2. The molecule has 4 atom stereocenters. The summed E-state index contributed by atoms with van der Waals surface area (Å²) in [4.78, 5) is 13.1. The minimum Gasteiger partial charge on any atom is -0.388 e. The van der Waals surface area contributed by atoms with Crippen LogP contribution in [0.25, 0.3) is 0 Å². The molecule has 2 bridgehead atoms. The zero-order chi connectivity index (χ0) is 14.4. The van der Waals surface area contributed by atoms with E-state index in [0.29, 0.717) is 6.42 Å². The fraction of sp³-hybridized carbons (Fsp3) is 0.312. The highest BCUT2D eigenvalue weighted by Crippen LogP contribution is 2.50. The summed E-state index contributed by atoms with van der Waals surface area (Å²) in [6.07, 6.45) is -0.899. The Morgan fingerprint density at radius 1 is 1.19 bits per heavy atom. The second-order valence-electron chi connectivity index (χ2n) is 5.45. The van der Waals surface area contributed by atoms with E-state index >= 15 is 0 Å². The van der Waals surface area contributed by atoms with Gasteiger partial charge in [0.1, 0.15) is 18.3 Å². The molecule has 2 aliphatic rings. The number of carbonyl (C=O) groups excluding carboxylic acids is 1. The van der Waals surface area contributed by atoms with Gasteiger partial charge in [-0.3, -0.25) is 4.79 Å². The maximum atomic E-state index is 12.1. The number of aliphatic hydroxyl groups is 1. The van der Waals surface area contributed by atoms with Crippen LogP contribution >= 0.6 is 11.3 Å². The number of nitrogens with one attached hydrogen (secondary N) is 1. The highest BCUT2D eigenvalue weighted by atomic mass is 32.1. The van der Waals surface area contributed by atoms with Crippen LogP contribution in [0, 0.1) is 0 Å². The van der Waals surface area contributed by atoms with E-state index in [1.165, 1.54) is 0 Å². The van der Waals surface area contributed by atoms with E-state index in [1.807, 2.05) is 41.8 Å². The fourth-order valence-corrected chi connectivity index (χ4v) is 3.92. The number of carbonyl (C=O) groups is 1. The lowest BCUT2D eigenvalue weighted by Gasteiger charge is -2.26. The van der Waals surface area contributed by atoms with E-state index in [9.17, 15) is 9.90 Å². The third kappa shape index (κ3) is 2.09. The van der Waals surface area contributed by atoms with Crippen molar-refractivity contribution in [1.29, 1.82) is 0 Å². The molecule has 2 aliphatic heterocycles. The first-order valence-corrected chi connectivity index (χ1v) is 7.86. The first-order valence-electron chi connectivity index (χ1n) is 6.98. The number of hydrogen-bond acceptors (Lipinski definition) is 4. The van der Waals surface area contributed by atoms with Crippen molar-refractivity contribution in [1.82, 2.24) is 5.32 Å². The van der Waals surface area contributed by atoms with Crippen molar-refractivity contribution >= 4 is 17.2 Å². The maximum Gasteiger partial charge on any atom is 0.225 e. The SMILES string of the molecule is O=C(Cc1cccs1)N[C@H]1[C@H](O)[C@@H]2O[C@H]1c1ccccc12. The predicted molar refractivity (Wildman–Crippen MR) is 79.0 cm³/mol. The fourth-order valence-electron chi connectivity index (χ4n) is 3.21. The first-order chi connectivity index (χ1) is 10.2. The van der Waals surface area contributed by atoms with Gasteiger partial charge in [0.15, 0.2) is 0 Å². The van der Waals surface area contributed by atoms with Gasteiger partial charge in [0.05, 0.1) is 12.5 Å². The highest BCUT2D eigenvalue weighted by molar-refractivity contribution is 7.10. The van der Waals surface area contributed by atoms with Crippen molar-refractivity contribution in [2.24, 2.45) is 0 Å². The lowest BCUT2D eigenvalue weighted by atomic mass is 9.86. The van der Waals surface area contributed by atoms with Gasteiger partial charge in [-0.2, -0.15) is 0 Å². The van der Waals surface area contributed by atoms with Crippen LogP contribution in [0.5, 0.6) is 0 Å². The average Bonchev–Trinajstić information content (AvgIpc) is 3.17. The van der Waals surface area contributed by atoms with Gasteiger partial charge in [-0.25, -0.2) is 0 Å². The highest BCUT2D eigenvalue weighted by Gasteiger charge is 2.52. The molecule has 2 N–H and O–H groups in total. The third-order valence-corrected chi connectivity index (χ3v) is 5.03. The summed E-state index contributed by atoms with van der Waals surface area (Å²) < 4.78 is 5.84. The van der Waals surface area contributed by atoms with Crippen molar-refractivity contribution in [3.8, 4) is 0 Å². The maximum absolute atomic E-state index is 12.1. The summed E-state index contributed by atoms with van der Waals surface area (Å²) >= 11 is 1.56. The van der Waals surface area contributed by atoms with Crippen molar-refractivity contribution in [3.05, 3.63) is 57.8 Å². The molecule has 5 heteroatoms. The molecule has 21 heavy (non-hydrogen) atoms. The summed E-state index contributed by atoms with van der Waals surface area (Å²) in [6.45, 7) is 0. The van der Waals surface area contributed by atoms with Crippen LogP contribution in [0.3, 0.4) is 0 Å². The van der Waals surface area contributed by atoms with E-state index in [0.717, 1.165) is 16.0 Å². The monoisotopic (exact) mass is 301 g/mol. The predicted octanol–water partition coefficient (Wildman–Crippen LogP) is 1.96. The largest absolute Gasteiger partial charge is 0.388 e. The van der Waals surface area contributed by atoms with E-state index in [-0.39, 0.29) is 24.2 Å². The topological polar surface area (TPSA) is 58.6 Å². The Bertz CT molecular complexity index is 670. The van der Waals surface area contributed by atoms with Crippen LogP contribution in [0.15, 0.2) is 41.8 Å². The van der Waals surface area contributed by atoms with E-state index in [1.54, 1.807) is 11.3 Å². The van der Waals surface area contributed by atoms with Gasteiger partial charge >= 0.3 is 0 Å². The number of benzene rings is 1. The molecule has 0 unspecified atom stereocenters. The molecule has 1 saturated heterocycles. The van der Waals surface area contributed by atoms with Gasteiger partial charge in [-0.05, 0) is 22.6 Å². The molecule has 3 heterocycles. The Hall–Kier alpha value is -1.69. The number of fused-ring (bicyclic) bond motifs is 5. The van der Waals surface area contributed by atoms with Crippen LogP contribution in [-0.4, -0.2) is 23.2 Å². The van der Waals surface area contributed by atoms with Crippen molar-refractivity contribution in [2.75, 3.05) is 0 Å². The second-order valence-corrected chi connectivity index (χ2v) is 6.48. The summed E-state index contributed by atoms with van der Waals surface area (Å²) in [6, 6.07) is 11.4. The standard InChI is InChI=1S/C16H15NO3S/c18-12(8-9-4-3-7-21-9)17-13-14(19)16-11-6-2-1-5-10(11)15(13)20-16/h1-7,13-16,19H,8H2,(H,17,18)/t13-,14-,15-,16+/m0/s1. The smallest absolute Gasteiger partial charge is 0.225 e. The first kappa shape index (κ1) is 13.0. The Morgan fingerprint density at radius 3 is 2.67 bits per heavy atom. The van der Waals surface area contributed by atoms with Crippen LogP contribution in [-0.2, 0) is 16.0 Å². The quantitative estimate of drug-likeness (QED) is 0.911. The zero-order valence-corrected chi connectivity index (χ0v) is 12.0. The molecule has 0 aliphatic carbocycles. The molecule has 1 aromatic carbocycles. The lowest BCUT2D eigenvalue weighted by molar-refractivity contribution is -0.122. The molecular weight excluding hydrogens is 286 g/mol. The van der Waals surface area contributed by atoms with Crippen LogP contribution in [0.4, 0.5) is 0 Å². The summed E-state index contributed by atoms with van der Waals surface area (Å²) in [5.41, 5.74) is 2.12. The molecule has 1 fully saturated rings. The number of hydrogen-bond donors (Lipinski definition) is 2. The third-order valence-electron chi connectivity index (χ3n) is 4.15. The van der Waals surface area contributed by atoms with Gasteiger partial charge in [0.25, 0.3) is 0 Å². The van der Waals surface area contributed by atoms with E-state index in [2.05, 4.69) is 5.32 Å².